The van der Waals surface area contributed by atoms with Crippen LogP contribution in [0.2, 0.25) is 0 Å². The van der Waals surface area contributed by atoms with Crippen LogP contribution in [0.25, 0.3) is 10.8 Å². The maximum atomic E-state index is 12.9. The topological polar surface area (TPSA) is 59.8 Å². The van der Waals surface area contributed by atoms with Gasteiger partial charge in [-0.2, -0.15) is 0 Å². The van der Waals surface area contributed by atoms with E-state index in [1.807, 2.05) is 50.2 Å². The third-order valence-electron chi connectivity index (χ3n) is 3.68. The molecule has 0 radical (unpaired) electrons. The first-order chi connectivity index (χ1) is 11.9. The quantitative estimate of drug-likeness (QED) is 0.613. The molecule has 0 N–H and O–H groups in total. The molecule has 3 rings (SSSR count). The van der Waals surface area contributed by atoms with Crippen molar-refractivity contribution in [1.82, 2.24) is 4.47 Å². The number of furan rings is 1. The molecule has 3 aromatic rings. The molecule has 25 heavy (non-hydrogen) atoms. The zero-order chi connectivity index (χ0) is 18.0. The van der Waals surface area contributed by atoms with Crippen LogP contribution in [-0.4, -0.2) is 19.4 Å². The SMILES string of the molecule is Cc1ccc(S(=O)(=O)N(CC(C)C)Oc2ccc3ccccc3c2)o1. The summed E-state index contributed by atoms with van der Waals surface area (Å²) in [6, 6.07) is 16.4. The molecule has 0 saturated heterocycles. The fraction of sp³-hybridized carbons (Fsp3) is 0.263. The summed E-state index contributed by atoms with van der Waals surface area (Å²) < 4.78 is 32.0. The fourth-order valence-corrected chi connectivity index (χ4v) is 3.83. The Kier molecular flexibility index (Phi) is 4.83. The number of hydroxylamine groups is 1. The predicted octanol–water partition coefficient (Wildman–Crippen LogP) is 4.38. The Bertz CT molecular complexity index is 976. The van der Waals surface area contributed by atoms with E-state index in [-0.39, 0.29) is 17.6 Å². The molecule has 0 fully saturated rings. The lowest BCUT2D eigenvalue weighted by Crippen LogP contribution is -2.37. The second-order valence-corrected chi connectivity index (χ2v) is 8.11. The molecule has 2 aromatic carbocycles. The maximum Gasteiger partial charge on any atom is 0.307 e. The molecule has 5 nitrogen and oxygen atoms in total. The molecule has 6 heteroatoms. The van der Waals surface area contributed by atoms with Crippen molar-refractivity contribution in [3.05, 3.63) is 60.4 Å². The average Bonchev–Trinajstić information content (AvgIpc) is 3.01. The standard InChI is InChI=1S/C19H21NO4S/c1-14(2)13-20(25(21,22)19-11-8-15(3)23-19)24-18-10-9-16-6-4-5-7-17(16)12-18/h4-12,14H,13H2,1-3H3. The Morgan fingerprint density at radius 1 is 1.04 bits per heavy atom. The van der Waals surface area contributed by atoms with Crippen molar-refractivity contribution in [2.24, 2.45) is 5.92 Å². The van der Waals surface area contributed by atoms with Crippen molar-refractivity contribution >= 4 is 20.8 Å². The van der Waals surface area contributed by atoms with E-state index in [1.54, 1.807) is 19.1 Å². The van der Waals surface area contributed by atoms with Gasteiger partial charge in [0.05, 0.1) is 6.54 Å². The highest BCUT2D eigenvalue weighted by molar-refractivity contribution is 7.88. The summed E-state index contributed by atoms with van der Waals surface area (Å²) in [6.45, 7) is 5.78. The lowest BCUT2D eigenvalue weighted by Gasteiger charge is -2.22. The van der Waals surface area contributed by atoms with Crippen LogP contribution in [0.1, 0.15) is 19.6 Å². The maximum absolute atomic E-state index is 12.9. The molecular formula is C19H21NO4S. The van der Waals surface area contributed by atoms with E-state index in [0.717, 1.165) is 15.2 Å². The Hall–Kier alpha value is -2.31. The number of fused-ring (bicyclic) bond motifs is 1. The highest BCUT2D eigenvalue weighted by Gasteiger charge is 2.30. The van der Waals surface area contributed by atoms with Gasteiger partial charge in [0.2, 0.25) is 5.09 Å². The molecule has 0 aliphatic heterocycles. The van der Waals surface area contributed by atoms with Crippen LogP contribution in [0, 0.1) is 12.8 Å². The van der Waals surface area contributed by atoms with E-state index in [9.17, 15) is 8.42 Å². The zero-order valence-corrected chi connectivity index (χ0v) is 15.3. The van der Waals surface area contributed by atoms with Crippen LogP contribution in [0.3, 0.4) is 0 Å². The summed E-state index contributed by atoms with van der Waals surface area (Å²) >= 11 is 0. The molecule has 1 heterocycles. The predicted molar refractivity (Wildman–Crippen MR) is 96.8 cm³/mol. The minimum atomic E-state index is -3.88. The highest BCUT2D eigenvalue weighted by Crippen LogP contribution is 2.25. The van der Waals surface area contributed by atoms with Crippen LogP contribution >= 0.6 is 0 Å². The number of hydrogen-bond acceptors (Lipinski definition) is 4. The minimum Gasteiger partial charge on any atom is -0.449 e. The summed E-state index contributed by atoms with van der Waals surface area (Å²) in [4.78, 5) is 5.75. The van der Waals surface area contributed by atoms with Crippen LogP contribution in [-0.2, 0) is 10.0 Å². The van der Waals surface area contributed by atoms with Gasteiger partial charge >= 0.3 is 10.0 Å². The van der Waals surface area contributed by atoms with Gasteiger partial charge in [0.25, 0.3) is 0 Å². The van der Waals surface area contributed by atoms with Crippen LogP contribution in [0.15, 0.2) is 64.1 Å². The number of benzene rings is 2. The fourth-order valence-electron chi connectivity index (χ4n) is 2.48. The van der Waals surface area contributed by atoms with Crippen molar-refractivity contribution in [3.8, 4) is 5.75 Å². The largest absolute Gasteiger partial charge is 0.449 e. The van der Waals surface area contributed by atoms with Crippen LogP contribution in [0.5, 0.6) is 5.75 Å². The van der Waals surface area contributed by atoms with Crippen molar-refractivity contribution < 1.29 is 17.7 Å². The second-order valence-electron chi connectivity index (χ2n) is 6.35. The molecule has 132 valence electrons. The van der Waals surface area contributed by atoms with Gasteiger partial charge in [0.15, 0.2) is 0 Å². The van der Waals surface area contributed by atoms with E-state index in [1.165, 1.54) is 6.07 Å². The number of rotatable bonds is 6. The number of nitrogens with zero attached hydrogens (tertiary/aromatic N) is 1. The molecule has 0 spiro atoms. The van der Waals surface area contributed by atoms with Crippen molar-refractivity contribution in [2.45, 2.75) is 25.9 Å². The summed E-state index contributed by atoms with van der Waals surface area (Å²) in [6.07, 6.45) is 0. The first kappa shape index (κ1) is 17.5. The van der Waals surface area contributed by atoms with E-state index >= 15 is 0 Å². The van der Waals surface area contributed by atoms with Crippen molar-refractivity contribution in [1.29, 1.82) is 0 Å². The first-order valence-corrected chi connectivity index (χ1v) is 9.56. The molecule has 0 aliphatic rings. The summed E-state index contributed by atoms with van der Waals surface area (Å²) in [5.74, 6) is 1.09. The monoisotopic (exact) mass is 359 g/mol. The molecule has 0 atom stereocenters. The zero-order valence-electron chi connectivity index (χ0n) is 14.5. The molecule has 0 aliphatic carbocycles. The number of hydrogen-bond donors (Lipinski definition) is 0. The molecule has 0 unspecified atom stereocenters. The van der Waals surface area contributed by atoms with E-state index in [4.69, 9.17) is 9.25 Å². The molecule has 1 aromatic heterocycles. The van der Waals surface area contributed by atoms with Crippen molar-refractivity contribution in [2.75, 3.05) is 6.54 Å². The summed E-state index contributed by atoms with van der Waals surface area (Å²) in [5, 5.41) is 1.93. The van der Waals surface area contributed by atoms with Gasteiger partial charge in [0, 0.05) is 0 Å². The third-order valence-corrected chi connectivity index (χ3v) is 5.17. The molecule has 0 amide bonds. The Morgan fingerprint density at radius 3 is 2.40 bits per heavy atom. The number of sulfonamides is 1. The summed E-state index contributed by atoms with van der Waals surface area (Å²) in [5.41, 5.74) is 0. The van der Waals surface area contributed by atoms with Gasteiger partial charge < -0.3 is 9.25 Å². The van der Waals surface area contributed by atoms with E-state index in [2.05, 4.69) is 0 Å². The highest BCUT2D eigenvalue weighted by atomic mass is 32.2. The Morgan fingerprint density at radius 2 is 1.76 bits per heavy atom. The number of aryl methyl sites for hydroxylation is 1. The molecular weight excluding hydrogens is 338 g/mol. The lowest BCUT2D eigenvalue weighted by atomic mass is 10.1. The van der Waals surface area contributed by atoms with Gasteiger partial charge in [-0.05, 0) is 52.3 Å². The van der Waals surface area contributed by atoms with Crippen LogP contribution < -0.4 is 4.84 Å². The van der Waals surface area contributed by atoms with E-state index < -0.39 is 10.0 Å². The van der Waals surface area contributed by atoms with Gasteiger partial charge in [-0.25, -0.2) is 8.42 Å². The average molecular weight is 359 g/mol. The molecule has 0 saturated carbocycles. The Labute approximate surface area is 147 Å². The van der Waals surface area contributed by atoms with Gasteiger partial charge in [-0.1, -0.05) is 44.2 Å². The van der Waals surface area contributed by atoms with E-state index in [0.29, 0.717) is 11.5 Å². The second kappa shape index (κ2) is 6.90. The first-order valence-electron chi connectivity index (χ1n) is 8.12. The molecule has 0 bridgehead atoms. The Balaban J connectivity index is 1.94. The van der Waals surface area contributed by atoms with Gasteiger partial charge in [0.1, 0.15) is 11.5 Å². The van der Waals surface area contributed by atoms with Crippen molar-refractivity contribution in [3.63, 3.8) is 0 Å². The van der Waals surface area contributed by atoms with Gasteiger partial charge in [-0.3, -0.25) is 0 Å². The van der Waals surface area contributed by atoms with Crippen LogP contribution in [0.4, 0.5) is 0 Å². The minimum absolute atomic E-state index is 0.0892. The third kappa shape index (κ3) is 3.86. The lowest BCUT2D eigenvalue weighted by molar-refractivity contribution is 0.0240. The summed E-state index contributed by atoms with van der Waals surface area (Å²) in [7, 11) is -3.88. The normalized spacial score (nSPS) is 12.2. The van der Waals surface area contributed by atoms with Gasteiger partial charge in [-0.15, -0.1) is 0 Å². The smallest absolute Gasteiger partial charge is 0.307 e.